The Balaban J connectivity index is 0.687. The molecule has 0 aliphatic carbocycles. The molecular formula is C65H85F4N11O10S. The van der Waals surface area contributed by atoms with Gasteiger partial charge in [-0.1, -0.05) is 57.2 Å². The number of ether oxygens (including phenoxy) is 3. The number of likely N-dealkylation sites (N-methyl/N-ethyl adjacent to an activating group) is 1. The van der Waals surface area contributed by atoms with Crippen LogP contribution in [0.2, 0.25) is 0 Å². The van der Waals surface area contributed by atoms with Crippen LogP contribution in [0.1, 0.15) is 86.6 Å². The van der Waals surface area contributed by atoms with E-state index >= 15 is 4.39 Å². The van der Waals surface area contributed by atoms with Crippen molar-refractivity contribution < 1.29 is 60.9 Å². The van der Waals surface area contributed by atoms with Crippen molar-refractivity contribution in [3.8, 4) is 21.6 Å². The van der Waals surface area contributed by atoms with Crippen LogP contribution in [-0.2, 0) is 52.7 Å². The van der Waals surface area contributed by atoms with E-state index in [0.29, 0.717) is 50.0 Å². The summed E-state index contributed by atoms with van der Waals surface area (Å²) in [5.41, 5.74) is 3.09. The van der Waals surface area contributed by atoms with E-state index < -0.39 is 70.0 Å². The maximum Gasteiger partial charge on any atom is 0.417 e. The number of H-pyrrole nitrogens is 1. The molecule has 494 valence electrons. The number of piperazine rings is 2. The van der Waals surface area contributed by atoms with Gasteiger partial charge in [0.2, 0.25) is 29.2 Å². The largest absolute Gasteiger partial charge is 0.417 e. The zero-order valence-corrected chi connectivity index (χ0v) is 53.6. The molecule has 0 saturated carbocycles. The Kier molecular flexibility index (Phi) is 24.4. The van der Waals surface area contributed by atoms with Gasteiger partial charge in [-0.2, -0.15) is 13.2 Å². The number of nitrogens with zero attached hydrogens (tertiary/aromatic N) is 6. The lowest BCUT2D eigenvalue weighted by molar-refractivity contribution is -0.144. The minimum absolute atomic E-state index is 0.0172. The summed E-state index contributed by atoms with van der Waals surface area (Å²) in [5, 5.41) is 22.0. The highest BCUT2D eigenvalue weighted by atomic mass is 32.1. The van der Waals surface area contributed by atoms with E-state index in [1.807, 2.05) is 59.0 Å². The molecule has 3 aliphatic heterocycles. The van der Waals surface area contributed by atoms with Crippen LogP contribution in [0, 0.1) is 18.2 Å². The molecule has 0 unspecified atom stereocenters. The second-order valence-electron chi connectivity index (χ2n) is 24.6. The van der Waals surface area contributed by atoms with Gasteiger partial charge in [0.25, 0.3) is 5.91 Å². The minimum Gasteiger partial charge on any atom is -0.391 e. The highest BCUT2D eigenvalue weighted by molar-refractivity contribution is 7.13. The van der Waals surface area contributed by atoms with Crippen LogP contribution in [-0.4, -0.2) is 200 Å². The van der Waals surface area contributed by atoms with E-state index in [1.54, 1.807) is 47.2 Å². The molecule has 0 radical (unpaired) electrons. The Bertz CT molecular complexity index is 3340. The van der Waals surface area contributed by atoms with Crippen molar-refractivity contribution in [2.75, 3.05) is 116 Å². The van der Waals surface area contributed by atoms with Crippen molar-refractivity contribution in [3.63, 3.8) is 0 Å². The summed E-state index contributed by atoms with van der Waals surface area (Å²) in [6.45, 7) is 18.7. The SMILES string of the molecule is Cc1ncsc1-c1ccc(CNC(=O)[C@@H]2C[C@@H](O)CN2C(=O)[C@@H](NC(=O)CCOCCOCCOCCC(=O)NCCN2CCN(Cc3ccc(F)c(-c4ccc(N5C[C@@H](C)N(C)[C@@H](C)C5)c(NC(=O)c5c[nH]c(=O)cc5C(F)(F)F)c4)c3)CC2)C(C)(C)C)cc1. The number of hydrogen-bond acceptors (Lipinski definition) is 16. The number of pyridine rings is 1. The van der Waals surface area contributed by atoms with Gasteiger partial charge in [-0.15, -0.1) is 11.3 Å². The molecule has 3 saturated heterocycles. The number of aromatic nitrogens is 2. The molecule has 3 fully saturated rings. The summed E-state index contributed by atoms with van der Waals surface area (Å²) in [7, 11) is 2.01. The lowest BCUT2D eigenvalue weighted by atomic mass is 9.85. The summed E-state index contributed by atoms with van der Waals surface area (Å²) < 4.78 is 74.7. The molecule has 91 heavy (non-hydrogen) atoms. The fraction of sp³-hybridized carbons (Fsp3) is 0.523. The average molecular weight is 1290 g/mol. The lowest BCUT2D eigenvalue weighted by Crippen LogP contribution is -2.57. The monoisotopic (exact) mass is 1290 g/mol. The number of nitrogens with one attached hydrogen (secondary N) is 5. The molecule has 5 atom stereocenters. The van der Waals surface area contributed by atoms with Gasteiger partial charge in [0.15, 0.2) is 0 Å². The summed E-state index contributed by atoms with van der Waals surface area (Å²) in [5.74, 6) is -2.97. The van der Waals surface area contributed by atoms with E-state index in [-0.39, 0.29) is 107 Å². The number of amides is 5. The molecular weight excluding hydrogens is 1200 g/mol. The Morgan fingerprint density at radius 2 is 1.42 bits per heavy atom. The van der Waals surface area contributed by atoms with Crippen LogP contribution < -0.4 is 31.7 Å². The van der Waals surface area contributed by atoms with Crippen molar-refractivity contribution in [1.29, 1.82) is 0 Å². The Labute approximate surface area is 532 Å². The number of hydrogen-bond donors (Lipinski definition) is 6. The van der Waals surface area contributed by atoms with Crippen LogP contribution >= 0.6 is 11.3 Å². The van der Waals surface area contributed by atoms with Crippen LogP contribution in [0.5, 0.6) is 0 Å². The molecule has 2 aromatic heterocycles. The van der Waals surface area contributed by atoms with Gasteiger partial charge in [-0.05, 0) is 79.8 Å². The van der Waals surface area contributed by atoms with E-state index in [9.17, 15) is 47.0 Å². The number of carbonyl (C=O) groups excluding carboxylic acids is 5. The average Bonchev–Trinajstić information content (AvgIpc) is 0.955. The van der Waals surface area contributed by atoms with Crippen molar-refractivity contribution in [2.45, 2.75) is 110 Å². The van der Waals surface area contributed by atoms with E-state index in [2.05, 4.69) is 64.7 Å². The number of aryl methyl sites for hydroxylation is 1. The van der Waals surface area contributed by atoms with Gasteiger partial charge in [-0.25, -0.2) is 9.37 Å². The van der Waals surface area contributed by atoms with Gasteiger partial charge in [0.05, 0.1) is 84.3 Å². The van der Waals surface area contributed by atoms with E-state index in [1.165, 1.54) is 11.0 Å². The smallest absolute Gasteiger partial charge is 0.391 e. The first-order valence-corrected chi connectivity index (χ1v) is 31.7. The van der Waals surface area contributed by atoms with Crippen molar-refractivity contribution in [2.24, 2.45) is 5.41 Å². The molecule has 5 amide bonds. The number of rotatable bonds is 27. The molecule has 8 rings (SSSR count). The van der Waals surface area contributed by atoms with Crippen LogP contribution in [0.25, 0.3) is 21.6 Å². The Hall–Kier alpha value is -7.17. The summed E-state index contributed by atoms with van der Waals surface area (Å²) in [4.78, 5) is 96.4. The number of halogens is 4. The third-order valence-electron chi connectivity index (χ3n) is 16.8. The molecule has 21 nitrogen and oxygen atoms in total. The number of alkyl halides is 3. The molecule has 0 bridgehead atoms. The standard InChI is InChI=1S/C65H85F4N11O10S/c1-41-36-79(37-42(2)76(41)7)54-15-13-47(31-53(54)74-61(85)50-35-71-58(84)33-51(50)65(67,68)69)49-30-45(10-14-52(49)66)38-78-22-20-77(21-23-78)19-18-70-56(82)16-24-88-26-28-90-29-27-89-25-17-57(83)75-60(64(4,5)6)63(87)80-39-48(81)32-55(80)62(86)72-34-44-8-11-46(12-9-44)59-43(3)73-40-91-59/h8-15,30-31,33,35,40-42,48,55,60,81H,16-29,32,34,36-39H2,1-7H3,(H,70,82)(H,71,84)(H,72,86)(H,74,85)(H,75,83)/t41-,42+,48-,55+,60-/m1/s1. The van der Waals surface area contributed by atoms with E-state index in [0.717, 1.165) is 59.6 Å². The molecule has 5 heterocycles. The minimum atomic E-state index is -4.97. The number of carbonyl (C=O) groups is 5. The first-order chi connectivity index (χ1) is 43.3. The maximum atomic E-state index is 15.7. The number of aromatic amines is 1. The summed E-state index contributed by atoms with van der Waals surface area (Å²) >= 11 is 1.56. The number of anilines is 2. The molecule has 3 aromatic carbocycles. The fourth-order valence-corrected chi connectivity index (χ4v) is 12.2. The molecule has 5 aromatic rings. The third kappa shape index (κ3) is 19.4. The van der Waals surface area contributed by atoms with Gasteiger partial charge in [0.1, 0.15) is 17.9 Å². The van der Waals surface area contributed by atoms with Crippen LogP contribution in [0.4, 0.5) is 28.9 Å². The summed E-state index contributed by atoms with van der Waals surface area (Å²) in [6, 6.07) is 16.4. The second kappa shape index (κ2) is 31.9. The Morgan fingerprint density at radius 3 is 2.05 bits per heavy atom. The molecule has 3 aliphatic rings. The predicted molar refractivity (Wildman–Crippen MR) is 339 cm³/mol. The van der Waals surface area contributed by atoms with Gasteiger partial charge >= 0.3 is 6.18 Å². The number of aliphatic hydroxyl groups is 1. The van der Waals surface area contributed by atoms with Crippen LogP contribution in [0.3, 0.4) is 0 Å². The van der Waals surface area contributed by atoms with Crippen molar-refractivity contribution >= 4 is 52.2 Å². The Morgan fingerprint density at radius 1 is 0.791 bits per heavy atom. The fourth-order valence-electron chi connectivity index (χ4n) is 11.4. The van der Waals surface area contributed by atoms with Crippen molar-refractivity contribution in [3.05, 3.63) is 123 Å². The quantitative estimate of drug-likeness (QED) is 0.0250. The first kappa shape index (κ1) is 69.7. The topological polar surface area (TPSA) is 243 Å². The highest BCUT2D eigenvalue weighted by Gasteiger charge is 2.45. The maximum absolute atomic E-state index is 15.7. The molecule has 0 spiro atoms. The first-order valence-electron chi connectivity index (χ1n) is 30.8. The van der Waals surface area contributed by atoms with E-state index in [4.69, 9.17) is 14.2 Å². The third-order valence-corrected chi connectivity index (χ3v) is 17.8. The number of likely N-dealkylation sites (tertiary alicyclic amines) is 1. The zero-order chi connectivity index (χ0) is 65.6. The number of aliphatic hydroxyl groups excluding tert-OH is 1. The van der Waals surface area contributed by atoms with Gasteiger partial charge in [0, 0.05) is 121 Å². The summed E-state index contributed by atoms with van der Waals surface area (Å²) in [6.07, 6.45) is -4.88. The van der Waals surface area contributed by atoms with Crippen LogP contribution in [0.15, 0.2) is 83.2 Å². The van der Waals surface area contributed by atoms with Gasteiger partial charge in [-0.3, -0.25) is 43.5 Å². The van der Waals surface area contributed by atoms with Crippen molar-refractivity contribution in [1.82, 2.24) is 45.5 Å². The normalized spacial score (nSPS) is 18.9. The van der Waals surface area contributed by atoms with Gasteiger partial charge < -0.3 is 55.4 Å². The lowest BCUT2D eigenvalue weighted by Gasteiger charge is -2.44. The zero-order valence-electron chi connectivity index (χ0n) is 52.8. The molecule has 6 N–H and O–H groups in total. The second-order valence-corrected chi connectivity index (χ2v) is 25.5. The highest BCUT2D eigenvalue weighted by Crippen LogP contribution is 2.37. The number of benzene rings is 3. The molecule has 26 heteroatoms. The number of thiazole rings is 1. The predicted octanol–water partition coefficient (Wildman–Crippen LogP) is 6.29. The number of β-amino-alcohol motifs (C(OH)–C–C–N with tert-alkyl or cyclic N) is 1.